The second kappa shape index (κ2) is 11.2. The highest BCUT2D eigenvalue weighted by molar-refractivity contribution is 6.31. The van der Waals surface area contributed by atoms with E-state index < -0.39 is 42.0 Å². The molecule has 1 aromatic heterocycles. The Hall–Kier alpha value is -3.25. The number of anilines is 1. The molecule has 0 spiro atoms. The number of rotatable bonds is 7. The molecule has 3 aromatic rings. The third-order valence-electron chi connectivity index (χ3n) is 7.70. The first-order chi connectivity index (χ1) is 19.3. The van der Waals surface area contributed by atoms with Crippen LogP contribution < -0.4 is 4.90 Å². The van der Waals surface area contributed by atoms with Gasteiger partial charge in [0.15, 0.2) is 5.69 Å². The van der Waals surface area contributed by atoms with E-state index in [9.17, 15) is 36.2 Å². The van der Waals surface area contributed by atoms with Gasteiger partial charge in [0.1, 0.15) is 5.56 Å². The van der Waals surface area contributed by atoms with Crippen molar-refractivity contribution >= 4 is 23.3 Å². The van der Waals surface area contributed by atoms with E-state index >= 15 is 0 Å². The molecule has 1 N–H and O–H groups in total. The number of halogens is 7. The SMILES string of the molecule is O=C(O)c1cnn(C2CCCN(c3cc(Cl)ccc3-c3ccc(C4CN(CCC(F)(F)F)C4)cc3)C2)c1C(F)(F)F. The third kappa shape index (κ3) is 6.48. The molecule has 220 valence electrons. The summed E-state index contributed by atoms with van der Waals surface area (Å²) in [6, 6.07) is 12.4. The van der Waals surface area contributed by atoms with Gasteiger partial charge in [0.25, 0.3) is 0 Å². The van der Waals surface area contributed by atoms with Gasteiger partial charge in [0, 0.05) is 54.9 Å². The molecule has 6 nitrogen and oxygen atoms in total. The summed E-state index contributed by atoms with van der Waals surface area (Å²) in [5.41, 5.74) is 1.29. The van der Waals surface area contributed by atoms with Crippen molar-refractivity contribution in [3.05, 3.63) is 70.5 Å². The summed E-state index contributed by atoms with van der Waals surface area (Å²) >= 11 is 6.33. The Balaban J connectivity index is 1.35. The molecule has 2 fully saturated rings. The fourth-order valence-corrected chi connectivity index (χ4v) is 5.81. The molecule has 1 atom stereocenters. The van der Waals surface area contributed by atoms with Gasteiger partial charge in [-0.3, -0.25) is 4.68 Å². The Morgan fingerprint density at radius 3 is 2.37 bits per heavy atom. The van der Waals surface area contributed by atoms with E-state index in [1.807, 2.05) is 35.2 Å². The van der Waals surface area contributed by atoms with Crippen LogP contribution in [0, 0.1) is 0 Å². The zero-order valence-electron chi connectivity index (χ0n) is 21.7. The minimum atomic E-state index is -4.88. The number of nitrogens with zero attached hydrogens (tertiary/aromatic N) is 4. The average molecular weight is 601 g/mol. The number of piperidine rings is 1. The topological polar surface area (TPSA) is 61.6 Å². The van der Waals surface area contributed by atoms with Crippen LogP contribution in [0.2, 0.25) is 5.02 Å². The summed E-state index contributed by atoms with van der Waals surface area (Å²) in [4.78, 5) is 15.2. The summed E-state index contributed by atoms with van der Waals surface area (Å²) in [5.74, 6) is -1.54. The lowest BCUT2D eigenvalue weighted by molar-refractivity contribution is -0.145. The van der Waals surface area contributed by atoms with Gasteiger partial charge in [-0.2, -0.15) is 31.4 Å². The Morgan fingerprint density at radius 1 is 1.02 bits per heavy atom. The van der Waals surface area contributed by atoms with Gasteiger partial charge >= 0.3 is 18.3 Å². The number of aromatic nitrogens is 2. The van der Waals surface area contributed by atoms with Crippen LogP contribution in [0.15, 0.2) is 48.7 Å². The maximum Gasteiger partial charge on any atom is 0.433 e. The van der Waals surface area contributed by atoms with Crippen molar-refractivity contribution in [2.24, 2.45) is 0 Å². The first-order valence-corrected chi connectivity index (χ1v) is 13.5. The molecular formula is C28H27ClF6N4O2. The number of carboxylic acid groups (broad SMARTS) is 1. The summed E-state index contributed by atoms with van der Waals surface area (Å²) in [6.45, 7) is 1.85. The summed E-state index contributed by atoms with van der Waals surface area (Å²) in [7, 11) is 0. The number of hydrogen-bond donors (Lipinski definition) is 1. The highest BCUT2D eigenvalue weighted by Crippen LogP contribution is 2.40. The average Bonchev–Trinajstić information content (AvgIpc) is 3.34. The van der Waals surface area contributed by atoms with Gasteiger partial charge in [-0.15, -0.1) is 0 Å². The lowest BCUT2D eigenvalue weighted by Crippen LogP contribution is -2.46. The van der Waals surface area contributed by atoms with Crippen LogP contribution in [-0.4, -0.2) is 64.7 Å². The minimum Gasteiger partial charge on any atom is -0.478 e. The molecular weight excluding hydrogens is 574 g/mol. The van der Waals surface area contributed by atoms with Gasteiger partial charge < -0.3 is 14.9 Å². The van der Waals surface area contributed by atoms with Gasteiger partial charge in [-0.05, 0) is 36.1 Å². The molecule has 41 heavy (non-hydrogen) atoms. The van der Waals surface area contributed by atoms with Crippen LogP contribution in [0.4, 0.5) is 32.0 Å². The molecule has 3 heterocycles. The normalized spacial score (nSPS) is 18.9. The van der Waals surface area contributed by atoms with Gasteiger partial charge in [0.2, 0.25) is 0 Å². The molecule has 2 aliphatic heterocycles. The van der Waals surface area contributed by atoms with Crippen molar-refractivity contribution in [2.75, 3.05) is 37.6 Å². The summed E-state index contributed by atoms with van der Waals surface area (Å²) in [5, 5.41) is 13.6. The van der Waals surface area contributed by atoms with Crippen molar-refractivity contribution in [1.82, 2.24) is 14.7 Å². The van der Waals surface area contributed by atoms with Crippen LogP contribution in [-0.2, 0) is 6.18 Å². The molecule has 0 amide bonds. The first kappa shape index (κ1) is 29.2. The monoisotopic (exact) mass is 600 g/mol. The molecule has 0 aliphatic carbocycles. The molecule has 0 saturated carbocycles. The Morgan fingerprint density at radius 2 is 1.73 bits per heavy atom. The minimum absolute atomic E-state index is 0.0103. The number of alkyl halides is 6. The van der Waals surface area contributed by atoms with E-state index in [0.717, 1.165) is 33.3 Å². The number of carboxylic acids is 1. The molecule has 5 rings (SSSR count). The third-order valence-corrected chi connectivity index (χ3v) is 7.93. The number of likely N-dealkylation sites (tertiary alicyclic amines) is 1. The number of aromatic carboxylic acids is 1. The van der Waals surface area contributed by atoms with Crippen molar-refractivity contribution < 1.29 is 36.2 Å². The zero-order chi connectivity index (χ0) is 29.5. The fourth-order valence-electron chi connectivity index (χ4n) is 5.64. The number of benzene rings is 2. The number of hydrogen-bond acceptors (Lipinski definition) is 4. The number of carbonyl (C=O) groups is 1. The van der Waals surface area contributed by atoms with E-state index in [-0.39, 0.29) is 19.0 Å². The molecule has 2 saturated heterocycles. The highest BCUT2D eigenvalue weighted by Gasteiger charge is 2.42. The van der Waals surface area contributed by atoms with E-state index in [0.29, 0.717) is 37.5 Å². The van der Waals surface area contributed by atoms with E-state index in [1.165, 1.54) is 0 Å². The second-order valence-electron chi connectivity index (χ2n) is 10.5. The van der Waals surface area contributed by atoms with Crippen molar-refractivity contribution in [1.29, 1.82) is 0 Å². The van der Waals surface area contributed by atoms with E-state index in [1.54, 1.807) is 17.0 Å². The van der Waals surface area contributed by atoms with Crippen LogP contribution in [0.3, 0.4) is 0 Å². The molecule has 0 radical (unpaired) electrons. The van der Waals surface area contributed by atoms with Gasteiger partial charge in [-0.1, -0.05) is 41.9 Å². The largest absolute Gasteiger partial charge is 0.478 e. The predicted molar refractivity (Wildman–Crippen MR) is 141 cm³/mol. The van der Waals surface area contributed by atoms with Crippen molar-refractivity contribution in [2.45, 2.75) is 43.6 Å². The van der Waals surface area contributed by atoms with Crippen LogP contribution in [0.5, 0.6) is 0 Å². The highest BCUT2D eigenvalue weighted by atomic mass is 35.5. The van der Waals surface area contributed by atoms with Crippen LogP contribution in [0.25, 0.3) is 11.1 Å². The van der Waals surface area contributed by atoms with Gasteiger partial charge in [0.05, 0.1) is 18.7 Å². The Labute approximate surface area is 237 Å². The fraction of sp³-hybridized carbons (Fsp3) is 0.429. The zero-order valence-corrected chi connectivity index (χ0v) is 22.5. The molecule has 0 bridgehead atoms. The molecule has 2 aromatic carbocycles. The van der Waals surface area contributed by atoms with Crippen LogP contribution in [0.1, 0.15) is 52.8 Å². The molecule has 1 unspecified atom stereocenters. The van der Waals surface area contributed by atoms with E-state index in [4.69, 9.17) is 11.6 Å². The van der Waals surface area contributed by atoms with Crippen LogP contribution >= 0.6 is 11.6 Å². The Kier molecular flexibility index (Phi) is 7.99. The second-order valence-corrected chi connectivity index (χ2v) is 10.9. The van der Waals surface area contributed by atoms with E-state index in [2.05, 4.69) is 5.10 Å². The summed E-state index contributed by atoms with van der Waals surface area (Å²) in [6.07, 6.45) is -8.18. The standard InChI is InChI=1S/C28H27ClF6N4O2/c29-20-7-8-22(18-5-3-17(4-6-18)19-14-37(15-19)11-9-27(30,31)32)24(12-20)38-10-1-2-21(16-38)39-25(28(33,34)35)23(13-36-39)26(40)41/h3-8,12-13,19,21H,1-2,9-11,14-16H2,(H,40,41). The maximum absolute atomic E-state index is 13.8. The summed E-state index contributed by atoms with van der Waals surface area (Å²) < 4.78 is 79.8. The Bertz CT molecular complexity index is 1400. The van der Waals surface area contributed by atoms with Crippen molar-refractivity contribution in [3.8, 4) is 11.1 Å². The van der Waals surface area contributed by atoms with Crippen molar-refractivity contribution in [3.63, 3.8) is 0 Å². The lowest BCUT2D eigenvalue weighted by Gasteiger charge is -2.40. The lowest BCUT2D eigenvalue weighted by atomic mass is 9.89. The quantitative estimate of drug-likeness (QED) is 0.293. The predicted octanol–water partition coefficient (Wildman–Crippen LogP) is 7.11. The first-order valence-electron chi connectivity index (χ1n) is 13.1. The van der Waals surface area contributed by atoms with Gasteiger partial charge in [-0.25, -0.2) is 4.79 Å². The molecule has 2 aliphatic rings. The smallest absolute Gasteiger partial charge is 0.433 e. The molecule has 13 heteroatoms. The maximum atomic E-state index is 13.8.